The maximum atomic E-state index is 11.4. The SMILES string of the molecule is CC(C)(C)CC(O)CNCCCNC(=O)OC(C)(C)C. The maximum Gasteiger partial charge on any atom is 0.407 e. The summed E-state index contributed by atoms with van der Waals surface area (Å²) in [6.45, 7) is 13.8. The van der Waals surface area contributed by atoms with Gasteiger partial charge in [0.15, 0.2) is 0 Å². The predicted molar refractivity (Wildman–Crippen MR) is 81.8 cm³/mol. The summed E-state index contributed by atoms with van der Waals surface area (Å²) in [7, 11) is 0. The van der Waals surface area contributed by atoms with Crippen LogP contribution < -0.4 is 10.6 Å². The zero-order valence-corrected chi connectivity index (χ0v) is 13.9. The van der Waals surface area contributed by atoms with Crippen LogP contribution in [0, 0.1) is 5.41 Å². The van der Waals surface area contributed by atoms with Crippen LogP contribution in [-0.4, -0.2) is 42.5 Å². The Labute approximate surface area is 123 Å². The molecule has 0 saturated heterocycles. The average Bonchev–Trinajstić information content (AvgIpc) is 2.17. The molecule has 20 heavy (non-hydrogen) atoms. The van der Waals surface area contributed by atoms with Crippen LogP contribution in [0.4, 0.5) is 4.79 Å². The number of ether oxygens (including phenoxy) is 1. The monoisotopic (exact) mass is 288 g/mol. The van der Waals surface area contributed by atoms with Crippen molar-refractivity contribution < 1.29 is 14.6 Å². The van der Waals surface area contributed by atoms with Gasteiger partial charge in [-0.1, -0.05) is 20.8 Å². The Kier molecular flexibility index (Phi) is 8.13. The molecule has 0 aromatic carbocycles. The molecule has 1 amide bonds. The van der Waals surface area contributed by atoms with Crippen LogP contribution in [-0.2, 0) is 4.74 Å². The molecular weight excluding hydrogens is 256 g/mol. The maximum absolute atomic E-state index is 11.4. The number of amides is 1. The molecule has 5 nitrogen and oxygen atoms in total. The third-order valence-corrected chi connectivity index (χ3v) is 2.43. The zero-order chi connectivity index (χ0) is 15.8. The predicted octanol–water partition coefficient (Wildman–Crippen LogP) is 2.29. The molecule has 0 rings (SSSR count). The summed E-state index contributed by atoms with van der Waals surface area (Å²) in [5, 5.41) is 15.7. The molecule has 0 aliphatic heterocycles. The minimum atomic E-state index is -0.459. The summed E-state index contributed by atoms with van der Waals surface area (Å²) in [6, 6.07) is 0. The highest BCUT2D eigenvalue weighted by molar-refractivity contribution is 5.67. The Morgan fingerprint density at radius 3 is 2.25 bits per heavy atom. The van der Waals surface area contributed by atoms with Gasteiger partial charge in [0, 0.05) is 13.1 Å². The van der Waals surface area contributed by atoms with E-state index < -0.39 is 5.60 Å². The van der Waals surface area contributed by atoms with E-state index in [2.05, 4.69) is 31.4 Å². The second-order valence-corrected chi connectivity index (χ2v) is 7.40. The summed E-state index contributed by atoms with van der Waals surface area (Å²) in [4.78, 5) is 11.4. The smallest absolute Gasteiger partial charge is 0.407 e. The molecule has 0 heterocycles. The van der Waals surface area contributed by atoms with E-state index in [9.17, 15) is 9.90 Å². The fraction of sp³-hybridized carbons (Fsp3) is 0.933. The van der Waals surface area contributed by atoms with Crippen molar-refractivity contribution in [2.45, 2.75) is 66.1 Å². The molecule has 5 heteroatoms. The van der Waals surface area contributed by atoms with Crippen LogP contribution in [0.3, 0.4) is 0 Å². The molecule has 1 unspecified atom stereocenters. The highest BCUT2D eigenvalue weighted by atomic mass is 16.6. The number of nitrogens with one attached hydrogen (secondary N) is 2. The third-order valence-electron chi connectivity index (χ3n) is 2.43. The molecule has 0 aromatic rings. The van der Waals surface area contributed by atoms with E-state index in [0.29, 0.717) is 13.1 Å². The van der Waals surface area contributed by atoms with Crippen LogP contribution >= 0.6 is 0 Å². The Morgan fingerprint density at radius 2 is 1.75 bits per heavy atom. The lowest BCUT2D eigenvalue weighted by Gasteiger charge is -2.22. The summed E-state index contributed by atoms with van der Waals surface area (Å²) < 4.78 is 5.13. The molecule has 0 spiro atoms. The molecule has 1 atom stereocenters. The number of rotatable bonds is 7. The molecule has 3 N–H and O–H groups in total. The summed E-state index contributed by atoms with van der Waals surface area (Å²) in [6.07, 6.45) is 0.872. The first-order chi connectivity index (χ1) is 8.99. The topological polar surface area (TPSA) is 70.6 Å². The molecule has 0 aliphatic carbocycles. The molecule has 120 valence electrons. The number of hydrogen-bond donors (Lipinski definition) is 3. The standard InChI is InChI=1S/C15H32N2O3/c1-14(2,3)10-12(18)11-16-8-7-9-17-13(19)20-15(4,5)6/h12,16,18H,7-11H2,1-6H3,(H,17,19). The summed E-state index contributed by atoms with van der Waals surface area (Å²) in [5.41, 5.74) is -0.321. The molecule has 0 radical (unpaired) electrons. The Balaban J connectivity index is 3.52. The molecule has 0 aliphatic rings. The van der Waals surface area contributed by atoms with E-state index in [1.54, 1.807) is 0 Å². The van der Waals surface area contributed by atoms with Gasteiger partial charge in [0.2, 0.25) is 0 Å². The normalized spacial score (nSPS) is 13.9. The highest BCUT2D eigenvalue weighted by Gasteiger charge is 2.16. The number of carbonyl (C=O) groups excluding carboxylic acids is 1. The van der Waals surface area contributed by atoms with Crippen LogP contribution in [0.25, 0.3) is 0 Å². The number of aliphatic hydroxyl groups is 1. The van der Waals surface area contributed by atoms with E-state index in [4.69, 9.17) is 4.74 Å². The van der Waals surface area contributed by atoms with Crippen molar-refractivity contribution in [3.63, 3.8) is 0 Å². The molecule has 0 aromatic heterocycles. The van der Waals surface area contributed by atoms with E-state index in [1.165, 1.54) is 0 Å². The highest BCUT2D eigenvalue weighted by Crippen LogP contribution is 2.20. The first-order valence-corrected chi connectivity index (χ1v) is 7.35. The van der Waals surface area contributed by atoms with Crippen LogP contribution in [0.5, 0.6) is 0 Å². The van der Waals surface area contributed by atoms with Gasteiger partial charge >= 0.3 is 6.09 Å². The first kappa shape index (κ1) is 19.2. The van der Waals surface area contributed by atoms with Gasteiger partial charge in [-0.15, -0.1) is 0 Å². The van der Waals surface area contributed by atoms with E-state index in [-0.39, 0.29) is 17.6 Å². The van der Waals surface area contributed by atoms with Gasteiger partial charge in [-0.3, -0.25) is 0 Å². The minimum absolute atomic E-state index is 0.138. The van der Waals surface area contributed by atoms with Crippen LogP contribution in [0.2, 0.25) is 0 Å². The number of alkyl carbamates (subject to hydrolysis) is 1. The van der Waals surface area contributed by atoms with E-state index >= 15 is 0 Å². The molecular formula is C15H32N2O3. The zero-order valence-electron chi connectivity index (χ0n) is 13.9. The Hall–Kier alpha value is -0.810. The van der Waals surface area contributed by atoms with Gasteiger partial charge in [-0.05, 0) is 45.6 Å². The van der Waals surface area contributed by atoms with Crippen molar-refractivity contribution in [3.8, 4) is 0 Å². The first-order valence-electron chi connectivity index (χ1n) is 7.35. The van der Waals surface area contributed by atoms with Gasteiger partial charge in [0.25, 0.3) is 0 Å². The van der Waals surface area contributed by atoms with Gasteiger partial charge < -0.3 is 20.5 Å². The molecule has 0 bridgehead atoms. The van der Waals surface area contributed by atoms with Crippen LogP contribution in [0.1, 0.15) is 54.4 Å². The molecule has 0 fully saturated rings. The van der Waals surface area contributed by atoms with E-state index in [1.807, 2.05) is 20.8 Å². The van der Waals surface area contributed by atoms with Crippen LogP contribution in [0.15, 0.2) is 0 Å². The number of hydrogen-bond acceptors (Lipinski definition) is 4. The van der Waals surface area contributed by atoms with Gasteiger partial charge in [0.05, 0.1) is 6.10 Å². The van der Waals surface area contributed by atoms with Gasteiger partial charge in [-0.25, -0.2) is 4.79 Å². The lowest BCUT2D eigenvalue weighted by atomic mass is 9.89. The quantitative estimate of drug-likeness (QED) is 0.629. The van der Waals surface area contributed by atoms with Crippen molar-refractivity contribution in [2.24, 2.45) is 5.41 Å². The van der Waals surface area contributed by atoms with Crippen molar-refractivity contribution >= 4 is 6.09 Å². The Morgan fingerprint density at radius 1 is 1.15 bits per heavy atom. The summed E-state index contributed by atoms with van der Waals surface area (Å²) in [5.74, 6) is 0. The molecule has 0 saturated carbocycles. The van der Waals surface area contributed by atoms with Crippen molar-refractivity contribution in [1.29, 1.82) is 0 Å². The van der Waals surface area contributed by atoms with Crippen molar-refractivity contribution in [3.05, 3.63) is 0 Å². The number of aliphatic hydroxyl groups excluding tert-OH is 1. The fourth-order valence-electron chi connectivity index (χ4n) is 1.77. The third kappa shape index (κ3) is 13.6. The number of carbonyl (C=O) groups is 1. The largest absolute Gasteiger partial charge is 0.444 e. The lowest BCUT2D eigenvalue weighted by molar-refractivity contribution is 0.0526. The Bertz CT molecular complexity index is 280. The van der Waals surface area contributed by atoms with E-state index in [0.717, 1.165) is 19.4 Å². The summed E-state index contributed by atoms with van der Waals surface area (Å²) >= 11 is 0. The fourth-order valence-corrected chi connectivity index (χ4v) is 1.77. The average molecular weight is 288 g/mol. The van der Waals surface area contributed by atoms with Crippen molar-refractivity contribution in [2.75, 3.05) is 19.6 Å². The van der Waals surface area contributed by atoms with Gasteiger partial charge in [-0.2, -0.15) is 0 Å². The second-order valence-electron chi connectivity index (χ2n) is 7.40. The van der Waals surface area contributed by atoms with Gasteiger partial charge in [0.1, 0.15) is 5.60 Å². The van der Waals surface area contributed by atoms with Crippen molar-refractivity contribution in [1.82, 2.24) is 10.6 Å². The lowest BCUT2D eigenvalue weighted by Crippen LogP contribution is -2.35. The minimum Gasteiger partial charge on any atom is -0.444 e. The second kappa shape index (κ2) is 8.47.